The van der Waals surface area contributed by atoms with Crippen molar-refractivity contribution in [2.45, 2.75) is 53.1 Å². The summed E-state index contributed by atoms with van der Waals surface area (Å²) in [6.45, 7) is 10.1. The summed E-state index contributed by atoms with van der Waals surface area (Å²) in [5.41, 5.74) is 8.39. The third-order valence-corrected chi connectivity index (χ3v) is 3.49. The Hall–Kier alpha value is -2.54. The van der Waals surface area contributed by atoms with Gasteiger partial charge in [0.05, 0.1) is 0 Å². The molecule has 0 aliphatic heterocycles. The van der Waals surface area contributed by atoms with E-state index in [-0.39, 0.29) is 5.54 Å². The number of carbonyl (C=O) groups is 1. The number of ether oxygens (including phenoxy) is 1. The van der Waals surface area contributed by atoms with Crippen LogP contribution in [0.5, 0.6) is 5.75 Å². The number of hydrogen-bond acceptors (Lipinski definition) is 4. The summed E-state index contributed by atoms with van der Waals surface area (Å²) in [5, 5.41) is 3.35. The van der Waals surface area contributed by atoms with Crippen LogP contribution in [0.2, 0.25) is 0 Å². The number of pyridine rings is 1. The van der Waals surface area contributed by atoms with E-state index in [1.54, 1.807) is 30.5 Å². The normalized spacial score (nSPS) is 11.0. The lowest BCUT2D eigenvalue weighted by molar-refractivity contribution is 0.0818. The first kappa shape index (κ1) is 23.5. The summed E-state index contributed by atoms with van der Waals surface area (Å²) in [6.07, 6.45) is -0.878. The molecule has 1 aromatic heterocycles. The van der Waals surface area contributed by atoms with E-state index >= 15 is 0 Å². The molecule has 28 heavy (non-hydrogen) atoms. The van der Waals surface area contributed by atoms with Crippen molar-refractivity contribution in [2.75, 3.05) is 6.61 Å². The summed E-state index contributed by atoms with van der Waals surface area (Å²) in [5.74, 6) is 0.0894. The molecule has 5 nitrogen and oxygen atoms in total. The first-order chi connectivity index (χ1) is 13.0. The van der Waals surface area contributed by atoms with Gasteiger partial charge in [0.25, 0.3) is 6.43 Å². The highest BCUT2D eigenvalue weighted by Gasteiger charge is 2.10. The lowest BCUT2D eigenvalue weighted by Crippen LogP contribution is -2.35. The fraction of sp³-hybridized carbons (Fsp3) is 0.429. The number of carbonyl (C=O) groups excluding carboxylic acids is 1. The number of amides is 1. The smallest absolute Gasteiger partial charge is 0.272 e. The van der Waals surface area contributed by atoms with Crippen LogP contribution >= 0.6 is 0 Å². The Balaban J connectivity index is 0.000000330. The first-order valence-electron chi connectivity index (χ1n) is 8.95. The molecular formula is C21H29F2N3O2. The highest BCUT2D eigenvalue weighted by Crippen LogP contribution is 2.18. The second-order valence-electron chi connectivity index (χ2n) is 7.51. The van der Waals surface area contributed by atoms with Gasteiger partial charge in [0.15, 0.2) is 0 Å². The van der Waals surface area contributed by atoms with Gasteiger partial charge in [0, 0.05) is 29.5 Å². The minimum absolute atomic E-state index is 0.0216. The maximum atomic E-state index is 12.1. The zero-order valence-corrected chi connectivity index (χ0v) is 17.1. The molecule has 0 saturated carbocycles. The molecule has 2 rings (SSSR count). The Kier molecular flexibility index (Phi) is 8.99. The number of hydrogen-bond donors (Lipinski definition) is 2. The van der Waals surface area contributed by atoms with Gasteiger partial charge in [-0.2, -0.15) is 0 Å². The second-order valence-corrected chi connectivity index (χ2v) is 7.51. The molecule has 0 fully saturated rings. The molecule has 0 saturated heterocycles. The largest absolute Gasteiger partial charge is 0.488 e. The van der Waals surface area contributed by atoms with Crippen LogP contribution in [0.25, 0.3) is 0 Å². The van der Waals surface area contributed by atoms with Crippen molar-refractivity contribution in [3.8, 4) is 5.75 Å². The molecule has 2 aromatic rings. The standard InChI is InChI=1S/C14H21F2NO.C7H8N2O/c1-10-5-11(8-17-14(2,3)4)7-12(6-10)18-9-13(15)16;1-5-4-6(7(8)10)2-3-9-5/h5-7,13,17H,8-9H2,1-4H3;2-4H,1H3,(H2,8,10). The number of aromatic nitrogens is 1. The second kappa shape index (κ2) is 10.7. The van der Waals surface area contributed by atoms with Gasteiger partial charge in [-0.3, -0.25) is 9.78 Å². The van der Waals surface area contributed by atoms with Crippen molar-refractivity contribution in [1.29, 1.82) is 0 Å². The molecule has 0 atom stereocenters. The molecule has 0 aliphatic rings. The summed E-state index contributed by atoms with van der Waals surface area (Å²) in [4.78, 5) is 14.5. The van der Waals surface area contributed by atoms with Crippen LogP contribution in [-0.2, 0) is 6.54 Å². The van der Waals surface area contributed by atoms with Gasteiger partial charge in [0.2, 0.25) is 5.91 Å². The molecule has 1 amide bonds. The third kappa shape index (κ3) is 9.97. The van der Waals surface area contributed by atoms with E-state index in [0.29, 0.717) is 17.9 Å². The Morgan fingerprint density at radius 2 is 1.89 bits per heavy atom. The molecule has 0 bridgehead atoms. The highest BCUT2D eigenvalue weighted by molar-refractivity contribution is 5.92. The first-order valence-corrected chi connectivity index (χ1v) is 8.95. The fourth-order valence-corrected chi connectivity index (χ4v) is 2.24. The molecule has 1 aromatic carbocycles. The Morgan fingerprint density at radius 3 is 2.39 bits per heavy atom. The maximum absolute atomic E-state index is 12.1. The predicted molar refractivity (Wildman–Crippen MR) is 107 cm³/mol. The minimum Gasteiger partial charge on any atom is -0.488 e. The van der Waals surface area contributed by atoms with Crippen molar-refractivity contribution in [1.82, 2.24) is 10.3 Å². The van der Waals surface area contributed by atoms with Gasteiger partial charge in [-0.1, -0.05) is 6.07 Å². The molecule has 0 spiro atoms. The number of nitrogens with zero attached hydrogens (tertiary/aromatic N) is 1. The topological polar surface area (TPSA) is 77.2 Å². The van der Waals surface area contributed by atoms with E-state index in [4.69, 9.17) is 10.5 Å². The van der Waals surface area contributed by atoms with Crippen molar-refractivity contribution in [2.24, 2.45) is 5.73 Å². The van der Waals surface area contributed by atoms with Crippen molar-refractivity contribution < 1.29 is 18.3 Å². The number of aryl methyl sites for hydroxylation is 2. The average molecular weight is 393 g/mol. The molecule has 0 radical (unpaired) electrons. The summed E-state index contributed by atoms with van der Waals surface area (Å²) >= 11 is 0. The van der Waals surface area contributed by atoms with E-state index in [1.165, 1.54) is 0 Å². The number of rotatable bonds is 6. The Bertz CT molecular complexity index is 774. The van der Waals surface area contributed by atoms with Crippen molar-refractivity contribution in [3.05, 3.63) is 58.9 Å². The summed E-state index contributed by atoms with van der Waals surface area (Å²) in [7, 11) is 0. The van der Waals surface area contributed by atoms with Crippen molar-refractivity contribution >= 4 is 5.91 Å². The fourth-order valence-electron chi connectivity index (χ4n) is 2.24. The highest BCUT2D eigenvalue weighted by atomic mass is 19.3. The van der Waals surface area contributed by atoms with E-state index in [1.807, 2.05) is 19.9 Å². The Morgan fingerprint density at radius 1 is 1.21 bits per heavy atom. The minimum atomic E-state index is -2.44. The summed E-state index contributed by atoms with van der Waals surface area (Å²) in [6, 6.07) is 8.84. The number of alkyl halides is 2. The zero-order chi connectivity index (χ0) is 21.3. The van der Waals surface area contributed by atoms with Crippen LogP contribution in [0.15, 0.2) is 36.5 Å². The zero-order valence-electron chi connectivity index (χ0n) is 17.1. The van der Waals surface area contributed by atoms with Crippen LogP contribution in [-0.4, -0.2) is 29.5 Å². The lowest BCUT2D eigenvalue weighted by atomic mass is 10.1. The SMILES string of the molecule is Cc1cc(C(N)=O)ccn1.Cc1cc(CNC(C)(C)C)cc(OCC(F)F)c1. The van der Waals surface area contributed by atoms with Crippen molar-refractivity contribution in [3.63, 3.8) is 0 Å². The molecule has 7 heteroatoms. The molecule has 3 N–H and O–H groups in total. The van der Waals surface area contributed by atoms with E-state index in [2.05, 4.69) is 31.1 Å². The lowest BCUT2D eigenvalue weighted by Gasteiger charge is -2.21. The molecule has 154 valence electrons. The third-order valence-electron chi connectivity index (χ3n) is 3.49. The molecule has 1 heterocycles. The van der Waals surface area contributed by atoms with Gasteiger partial charge >= 0.3 is 0 Å². The molecule has 0 aliphatic carbocycles. The molecule has 0 unspecified atom stereocenters. The van der Waals surface area contributed by atoms with E-state index in [9.17, 15) is 13.6 Å². The predicted octanol–water partition coefficient (Wildman–Crippen LogP) is 4.02. The van der Waals surface area contributed by atoms with Gasteiger partial charge in [-0.05, 0) is 70.0 Å². The number of primary amides is 1. The number of benzene rings is 1. The van der Waals surface area contributed by atoms with Gasteiger partial charge in [-0.15, -0.1) is 0 Å². The quantitative estimate of drug-likeness (QED) is 0.777. The van der Waals surface area contributed by atoms with Crippen LogP contribution in [0, 0.1) is 13.8 Å². The van der Waals surface area contributed by atoms with Crippen LogP contribution < -0.4 is 15.8 Å². The van der Waals surface area contributed by atoms with Gasteiger partial charge in [-0.25, -0.2) is 8.78 Å². The van der Waals surface area contributed by atoms with Crippen LogP contribution in [0.4, 0.5) is 8.78 Å². The summed E-state index contributed by atoms with van der Waals surface area (Å²) < 4.78 is 29.2. The van der Waals surface area contributed by atoms with Crippen LogP contribution in [0.1, 0.15) is 48.0 Å². The molecular weight excluding hydrogens is 364 g/mol. The van der Waals surface area contributed by atoms with Gasteiger partial charge < -0.3 is 15.8 Å². The Labute approximate surface area is 165 Å². The number of halogens is 2. The number of nitrogens with one attached hydrogen (secondary N) is 1. The monoisotopic (exact) mass is 393 g/mol. The van der Waals surface area contributed by atoms with E-state index in [0.717, 1.165) is 16.8 Å². The average Bonchev–Trinajstić information content (AvgIpc) is 2.58. The number of nitrogens with two attached hydrogens (primary N) is 1. The van der Waals surface area contributed by atoms with Gasteiger partial charge in [0.1, 0.15) is 12.4 Å². The van der Waals surface area contributed by atoms with E-state index < -0.39 is 18.9 Å². The maximum Gasteiger partial charge on any atom is 0.272 e. The van der Waals surface area contributed by atoms with Crippen LogP contribution in [0.3, 0.4) is 0 Å².